The van der Waals surface area contributed by atoms with Crippen molar-refractivity contribution in [2.75, 3.05) is 20.8 Å². The minimum atomic E-state index is -0.598. The second kappa shape index (κ2) is 9.72. The number of rotatable bonds is 7. The predicted octanol–water partition coefficient (Wildman–Crippen LogP) is 5.01. The van der Waals surface area contributed by atoms with Crippen LogP contribution in [0.3, 0.4) is 0 Å². The molecule has 10 heteroatoms. The summed E-state index contributed by atoms with van der Waals surface area (Å²) in [4.78, 5) is 26.6. The number of amides is 1. The zero-order valence-electron chi connectivity index (χ0n) is 17.2. The summed E-state index contributed by atoms with van der Waals surface area (Å²) >= 11 is 8.52. The molecule has 0 aliphatic carbocycles. The molecule has 2 aromatic heterocycles. The van der Waals surface area contributed by atoms with Crippen molar-refractivity contribution >= 4 is 51.9 Å². The Labute approximate surface area is 197 Å². The highest BCUT2D eigenvalue weighted by molar-refractivity contribution is 7.17. The van der Waals surface area contributed by atoms with E-state index in [0.717, 1.165) is 27.5 Å². The van der Waals surface area contributed by atoms with E-state index in [9.17, 15) is 9.59 Å². The summed E-state index contributed by atoms with van der Waals surface area (Å²) in [5.41, 5.74) is 1.63. The first kappa shape index (κ1) is 22.3. The van der Waals surface area contributed by atoms with Gasteiger partial charge < -0.3 is 14.2 Å². The Balaban J connectivity index is 1.57. The van der Waals surface area contributed by atoms with E-state index in [1.165, 1.54) is 5.01 Å². The van der Waals surface area contributed by atoms with E-state index in [4.69, 9.17) is 25.8 Å². The van der Waals surface area contributed by atoms with Crippen LogP contribution < -0.4 is 9.47 Å². The van der Waals surface area contributed by atoms with Crippen LogP contribution >= 0.6 is 34.3 Å². The normalized spacial score (nSPS) is 15.4. The molecule has 4 rings (SSSR count). The average Bonchev–Trinajstić information content (AvgIpc) is 3.57. The van der Waals surface area contributed by atoms with Crippen LogP contribution in [0, 0.1) is 0 Å². The molecule has 0 N–H and O–H groups in total. The van der Waals surface area contributed by atoms with E-state index in [-0.39, 0.29) is 6.04 Å². The maximum Gasteiger partial charge on any atom is 0.348 e. The van der Waals surface area contributed by atoms with E-state index in [1.807, 2.05) is 29.6 Å². The predicted molar refractivity (Wildman–Crippen MR) is 124 cm³/mol. The Bertz CT molecular complexity index is 1160. The zero-order chi connectivity index (χ0) is 22.7. The van der Waals surface area contributed by atoms with Crippen LogP contribution in [0.2, 0.25) is 4.34 Å². The minimum Gasteiger partial charge on any atom is -0.493 e. The van der Waals surface area contributed by atoms with Gasteiger partial charge in [-0.2, -0.15) is 5.10 Å². The lowest BCUT2D eigenvalue weighted by molar-refractivity contribution is -0.136. The second-order valence-corrected chi connectivity index (χ2v) is 9.44. The van der Waals surface area contributed by atoms with Crippen molar-refractivity contribution in [3.05, 3.63) is 67.5 Å². The first-order valence-corrected chi connectivity index (χ1v) is 11.7. The van der Waals surface area contributed by atoms with Crippen LogP contribution in [-0.4, -0.2) is 43.4 Å². The van der Waals surface area contributed by atoms with Crippen molar-refractivity contribution in [1.82, 2.24) is 5.01 Å². The standard InChI is InChI=1S/C22H19ClN2O5S2/c1-28-16-6-5-13(10-17(16)29-2)15-11-14(18-4-3-9-31-18)24-25(15)21(26)12-30-22(27)19-7-8-20(23)32-19/h3-10,15H,11-12H2,1-2H3. The van der Waals surface area contributed by atoms with Gasteiger partial charge in [0, 0.05) is 6.42 Å². The van der Waals surface area contributed by atoms with Gasteiger partial charge in [0.25, 0.3) is 5.91 Å². The summed E-state index contributed by atoms with van der Waals surface area (Å²) in [6, 6.07) is 12.2. The molecule has 166 valence electrons. The number of hydrogen-bond donors (Lipinski definition) is 0. The van der Waals surface area contributed by atoms with Gasteiger partial charge in [0.05, 0.1) is 35.2 Å². The fraction of sp³-hybridized carbons (Fsp3) is 0.227. The SMILES string of the molecule is COc1ccc(C2CC(c3cccs3)=NN2C(=O)COC(=O)c2ccc(Cl)s2)cc1OC. The summed E-state index contributed by atoms with van der Waals surface area (Å²) in [5, 5.41) is 7.91. The lowest BCUT2D eigenvalue weighted by Crippen LogP contribution is -2.31. The molecular formula is C22H19ClN2O5S2. The molecule has 3 heterocycles. The summed E-state index contributed by atoms with van der Waals surface area (Å²) in [7, 11) is 3.12. The molecule has 1 aliphatic rings. The quantitative estimate of drug-likeness (QED) is 0.435. The third-order valence-corrected chi connectivity index (χ3v) is 7.00. The molecule has 0 spiro atoms. The lowest BCUT2D eigenvalue weighted by Gasteiger charge is -2.22. The van der Waals surface area contributed by atoms with Crippen molar-refractivity contribution in [2.45, 2.75) is 12.5 Å². The molecule has 3 aromatic rings. The maximum absolute atomic E-state index is 13.0. The molecule has 0 fully saturated rings. The number of esters is 1. The first-order chi connectivity index (χ1) is 15.5. The molecule has 0 bridgehead atoms. The molecule has 1 atom stereocenters. The Hall–Kier alpha value is -2.88. The lowest BCUT2D eigenvalue weighted by atomic mass is 10.0. The van der Waals surface area contributed by atoms with Crippen molar-refractivity contribution in [3.63, 3.8) is 0 Å². The molecule has 7 nitrogen and oxygen atoms in total. The molecule has 0 saturated heterocycles. The minimum absolute atomic E-state index is 0.337. The molecule has 32 heavy (non-hydrogen) atoms. The number of carbonyl (C=O) groups is 2. The number of hydrazone groups is 1. The van der Waals surface area contributed by atoms with E-state index in [2.05, 4.69) is 5.10 Å². The maximum atomic E-state index is 13.0. The van der Waals surface area contributed by atoms with E-state index < -0.39 is 18.5 Å². The molecule has 1 aromatic carbocycles. The summed E-state index contributed by atoms with van der Waals surface area (Å²) in [6.07, 6.45) is 0.524. The number of halogens is 1. The van der Waals surface area contributed by atoms with Gasteiger partial charge in [-0.25, -0.2) is 9.80 Å². The monoisotopic (exact) mass is 490 g/mol. The van der Waals surface area contributed by atoms with Gasteiger partial charge >= 0.3 is 5.97 Å². The number of nitrogens with zero attached hydrogens (tertiary/aromatic N) is 2. The highest BCUT2D eigenvalue weighted by atomic mass is 35.5. The largest absolute Gasteiger partial charge is 0.493 e. The van der Waals surface area contributed by atoms with Gasteiger partial charge in [-0.05, 0) is 41.3 Å². The van der Waals surface area contributed by atoms with Gasteiger partial charge in [0.1, 0.15) is 4.88 Å². The molecule has 0 saturated carbocycles. The Kier molecular flexibility index (Phi) is 6.78. The van der Waals surface area contributed by atoms with Gasteiger partial charge in [-0.3, -0.25) is 4.79 Å². The molecule has 1 amide bonds. The van der Waals surface area contributed by atoms with Crippen LogP contribution in [-0.2, 0) is 9.53 Å². The Morgan fingerprint density at radius 1 is 1.16 bits per heavy atom. The fourth-order valence-electron chi connectivity index (χ4n) is 3.34. The van der Waals surface area contributed by atoms with Gasteiger partial charge in [0.15, 0.2) is 18.1 Å². The van der Waals surface area contributed by atoms with Gasteiger partial charge in [0.2, 0.25) is 0 Å². The average molecular weight is 491 g/mol. The number of methoxy groups -OCH3 is 2. The Morgan fingerprint density at radius 2 is 1.97 bits per heavy atom. The van der Waals surface area contributed by atoms with Crippen molar-refractivity contribution in [1.29, 1.82) is 0 Å². The third-order valence-electron chi connectivity index (χ3n) is 4.86. The van der Waals surface area contributed by atoms with Gasteiger partial charge in [-0.1, -0.05) is 23.7 Å². The number of thiophene rings is 2. The van der Waals surface area contributed by atoms with Crippen molar-refractivity contribution < 1.29 is 23.8 Å². The van der Waals surface area contributed by atoms with Crippen molar-refractivity contribution in [3.8, 4) is 11.5 Å². The van der Waals surface area contributed by atoms with Crippen LogP contribution in [0.4, 0.5) is 0 Å². The molecule has 1 unspecified atom stereocenters. The van der Waals surface area contributed by atoms with E-state index in [0.29, 0.717) is 27.1 Å². The van der Waals surface area contributed by atoms with Crippen LogP contribution in [0.5, 0.6) is 11.5 Å². The van der Waals surface area contributed by atoms with E-state index in [1.54, 1.807) is 43.8 Å². The van der Waals surface area contributed by atoms with E-state index >= 15 is 0 Å². The Morgan fingerprint density at radius 3 is 2.62 bits per heavy atom. The number of ether oxygens (including phenoxy) is 3. The molecular weight excluding hydrogens is 472 g/mol. The number of benzene rings is 1. The topological polar surface area (TPSA) is 77.4 Å². The summed E-state index contributed by atoms with van der Waals surface area (Å²) < 4.78 is 16.4. The number of carbonyl (C=O) groups excluding carboxylic acids is 2. The third kappa shape index (κ3) is 4.64. The second-order valence-electron chi connectivity index (χ2n) is 6.78. The molecule has 1 aliphatic heterocycles. The smallest absolute Gasteiger partial charge is 0.348 e. The highest BCUT2D eigenvalue weighted by Gasteiger charge is 2.34. The first-order valence-electron chi connectivity index (χ1n) is 9.58. The van der Waals surface area contributed by atoms with Crippen LogP contribution in [0.15, 0.2) is 52.9 Å². The van der Waals surface area contributed by atoms with Crippen molar-refractivity contribution in [2.24, 2.45) is 5.10 Å². The highest BCUT2D eigenvalue weighted by Crippen LogP contribution is 2.38. The summed E-state index contributed by atoms with van der Waals surface area (Å²) in [6.45, 7) is -0.431. The van der Waals surface area contributed by atoms with Crippen LogP contribution in [0.1, 0.15) is 32.6 Å². The zero-order valence-corrected chi connectivity index (χ0v) is 19.6. The number of hydrogen-bond acceptors (Lipinski definition) is 8. The molecule has 0 radical (unpaired) electrons. The van der Waals surface area contributed by atoms with Crippen LogP contribution in [0.25, 0.3) is 0 Å². The summed E-state index contributed by atoms with van der Waals surface area (Å²) in [5.74, 6) is 0.130. The fourth-order valence-corrected chi connectivity index (χ4v) is 5.00. The van der Waals surface area contributed by atoms with Gasteiger partial charge in [-0.15, -0.1) is 22.7 Å².